The second-order valence-electron chi connectivity index (χ2n) is 4.55. The van der Waals surface area contributed by atoms with Gasteiger partial charge in [-0.15, -0.1) is 0 Å². The predicted molar refractivity (Wildman–Crippen MR) is 61.5 cm³/mol. The number of fused-ring (bicyclic) bond motifs is 1. The molecule has 1 unspecified atom stereocenters. The lowest BCUT2D eigenvalue weighted by Gasteiger charge is -2.35. The van der Waals surface area contributed by atoms with Gasteiger partial charge >= 0.3 is 0 Å². The Hall–Kier alpha value is -2.09. The van der Waals surface area contributed by atoms with Gasteiger partial charge in [-0.25, -0.2) is 4.98 Å². The molecule has 0 aromatic carbocycles. The van der Waals surface area contributed by atoms with Crippen LogP contribution < -0.4 is 9.64 Å². The van der Waals surface area contributed by atoms with E-state index in [9.17, 15) is 4.79 Å². The molecule has 0 spiro atoms. The maximum atomic E-state index is 12.1. The van der Waals surface area contributed by atoms with E-state index in [4.69, 9.17) is 10.00 Å². The van der Waals surface area contributed by atoms with Crippen molar-refractivity contribution in [1.29, 1.82) is 5.26 Å². The quantitative estimate of drug-likeness (QED) is 0.731. The molecule has 1 atom stereocenters. The van der Waals surface area contributed by atoms with E-state index in [2.05, 4.69) is 11.1 Å². The number of amides is 1. The Bertz CT molecular complexity index is 505. The number of hydrogen-bond donors (Lipinski definition) is 0. The highest BCUT2D eigenvalue weighted by molar-refractivity contribution is 5.99. The zero-order chi connectivity index (χ0) is 12.6. The van der Waals surface area contributed by atoms with Gasteiger partial charge in [-0.05, 0) is 26.0 Å². The van der Waals surface area contributed by atoms with Crippen LogP contribution in [0.3, 0.4) is 0 Å². The average Bonchev–Trinajstić information content (AvgIpc) is 2.33. The van der Waals surface area contributed by atoms with E-state index in [1.165, 1.54) is 4.90 Å². The number of likely N-dealkylation sites (N-methyl/N-ethyl adjacent to an activating group) is 1. The molecule has 2 heterocycles. The third-order valence-electron chi connectivity index (χ3n) is 2.81. The maximum absolute atomic E-state index is 12.1. The van der Waals surface area contributed by atoms with E-state index in [1.807, 2.05) is 0 Å². The van der Waals surface area contributed by atoms with Gasteiger partial charge in [-0.1, -0.05) is 0 Å². The molecule has 0 radical (unpaired) electrons. The summed E-state index contributed by atoms with van der Waals surface area (Å²) >= 11 is 0. The SMILES string of the molecule is CN1C(=O)C(C(C)(C)C#N)Oc2cccnc21. The normalized spacial score (nSPS) is 19.3. The zero-order valence-corrected chi connectivity index (χ0v) is 9.97. The van der Waals surface area contributed by atoms with Crippen LogP contribution in [-0.2, 0) is 4.79 Å². The van der Waals surface area contributed by atoms with E-state index >= 15 is 0 Å². The summed E-state index contributed by atoms with van der Waals surface area (Å²) in [6, 6.07) is 5.58. The second kappa shape index (κ2) is 3.74. The molecule has 1 aromatic heterocycles. The van der Waals surface area contributed by atoms with Gasteiger partial charge in [0.25, 0.3) is 5.91 Å². The fraction of sp³-hybridized carbons (Fsp3) is 0.417. The molecule has 0 aliphatic carbocycles. The van der Waals surface area contributed by atoms with Crippen molar-refractivity contribution in [3.63, 3.8) is 0 Å². The first-order valence-corrected chi connectivity index (χ1v) is 5.28. The molecule has 1 aliphatic rings. The third kappa shape index (κ3) is 1.72. The number of ether oxygens (including phenoxy) is 1. The summed E-state index contributed by atoms with van der Waals surface area (Å²) in [5.74, 6) is 0.771. The first-order chi connectivity index (χ1) is 7.97. The van der Waals surface area contributed by atoms with E-state index in [0.29, 0.717) is 11.6 Å². The number of aromatic nitrogens is 1. The van der Waals surface area contributed by atoms with Crippen LogP contribution in [-0.4, -0.2) is 24.0 Å². The molecule has 5 nitrogen and oxygen atoms in total. The molecule has 0 fully saturated rings. The monoisotopic (exact) mass is 231 g/mol. The molecule has 17 heavy (non-hydrogen) atoms. The van der Waals surface area contributed by atoms with Crippen LogP contribution in [0.4, 0.5) is 5.82 Å². The molecule has 2 rings (SSSR count). The van der Waals surface area contributed by atoms with Crippen molar-refractivity contribution in [2.24, 2.45) is 5.41 Å². The first-order valence-electron chi connectivity index (χ1n) is 5.28. The second-order valence-corrected chi connectivity index (χ2v) is 4.55. The van der Waals surface area contributed by atoms with Crippen LogP contribution in [0, 0.1) is 16.7 Å². The molecule has 0 saturated heterocycles. The van der Waals surface area contributed by atoms with E-state index in [1.54, 1.807) is 39.2 Å². The highest BCUT2D eigenvalue weighted by atomic mass is 16.5. The van der Waals surface area contributed by atoms with Gasteiger partial charge in [0.1, 0.15) is 0 Å². The number of nitrogens with zero attached hydrogens (tertiary/aromatic N) is 3. The molecule has 1 aliphatic heterocycles. The molecular formula is C12H13N3O2. The summed E-state index contributed by atoms with van der Waals surface area (Å²) in [7, 11) is 1.64. The molecule has 88 valence electrons. The number of carbonyl (C=O) groups excluding carboxylic acids is 1. The van der Waals surface area contributed by atoms with Gasteiger partial charge in [-0.3, -0.25) is 9.69 Å². The Labute approximate surface area is 99.6 Å². The Morgan fingerprint density at radius 1 is 1.59 bits per heavy atom. The topological polar surface area (TPSA) is 66.2 Å². The lowest BCUT2D eigenvalue weighted by molar-refractivity contribution is -0.129. The van der Waals surface area contributed by atoms with Gasteiger partial charge in [0.05, 0.1) is 11.5 Å². The van der Waals surface area contributed by atoms with E-state index < -0.39 is 11.5 Å². The van der Waals surface area contributed by atoms with Crippen molar-refractivity contribution in [1.82, 2.24) is 4.98 Å². The van der Waals surface area contributed by atoms with Crippen molar-refractivity contribution in [2.75, 3.05) is 11.9 Å². The fourth-order valence-electron chi connectivity index (χ4n) is 1.70. The van der Waals surface area contributed by atoms with Crippen LogP contribution in [0.25, 0.3) is 0 Å². The van der Waals surface area contributed by atoms with Crippen LogP contribution in [0.15, 0.2) is 18.3 Å². The number of anilines is 1. The Kier molecular flexibility index (Phi) is 2.50. The third-order valence-corrected chi connectivity index (χ3v) is 2.81. The standard InChI is InChI=1S/C12H13N3O2/c1-12(2,7-13)9-11(16)15(3)10-8(17-9)5-4-6-14-10/h4-6,9H,1-3H3. The van der Waals surface area contributed by atoms with E-state index in [0.717, 1.165) is 0 Å². The van der Waals surface area contributed by atoms with Gasteiger partial charge < -0.3 is 4.74 Å². The summed E-state index contributed by atoms with van der Waals surface area (Å²) < 4.78 is 5.59. The molecule has 0 bridgehead atoms. The largest absolute Gasteiger partial charge is 0.475 e. The minimum Gasteiger partial charge on any atom is -0.475 e. The number of nitriles is 1. The summed E-state index contributed by atoms with van der Waals surface area (Å²) in [6.45, 7) is 3.37. The van der Waals surface area contributed by atoms with Crippen molar-refractivity contribution in [3.05, 3.63) is 18.3 Å². The lowest BCUT2D eigenvalue weighted by atomic mass is 9.86. The summed E-state index contributed by atoms with van der Waals surface area (Å²) in [6.07, 6.45) is 0.802. The minimum absolute atomic E-state index is 0.247. The lowest BCUT2D eigenvalue weighted by Crippen LogP contribution is -2.51. The van der Waals surface area contributed by atoms with Gasteiger partial charge in [0.15, 0.2) is 17.7 Å². The van der Waals surface area contributed by atoms with Crippen molar-refractivity contribution in [3.8, 4) is 11.8 Å². The zero-order valence-electron chi connectivity index (χ0n) is 9.97. The number of rotatable bonds is 1. The Morgan fingerprint density at radius 3 is 2.94 bits per heavy atom. The predicted octanol–water partition coefficient (Wildman–Crippen LogP) is 1.36. The van der Waals surface area contributed by atoms with Crippen molar-refractivity contribution in [2.45, 2.75) is 20.0 Å². The van der Waals surface area contributed by atoms with Gasteiger partial charge in [0.2, 0.25) is 0 Å². The average molecular weight is 231 g/mol. The molecule has 0 N–H and O–H groups in total. The van der Waals surface area contributed by atoms with E-state index in [-0.39, 0.29) is 5.91 Å². The summed E-state index contributed by atoms with van der Waals surface area (Å²) in [5, 5.41) is 9.08. The minimum atomic E-state index is -0.876. The number of hydrogen-bond acceptors (Lipinski definition) is 4. The van der Waals surface area contributed by atoms with Crippen LogP contribution in [0.2, 0.25) is 0 Å². The van der Waals surface area contributed by atoms with Crippen molar-refractivity contribution < 1.29 is 9.53 Å². The van der Waals surface area contributed by atoms with Gasteiger partial charge in [-0.2, -0.15) is 5.26 Å². The molecule has 1 aromatic rings. The smallest absolute Gasteiger partial charge is 0.270 e. The van der Waals surface area contributed by atoms with Crippen LogP contribution >= 0.6 is 0 Å². The van der Waals surface area contributed by atoms with Crippen molar-refractivity contribution >= 4 is 11.7 Å². The molecular weight excluding hydrogens is 218 g/mol. The Morgan fingerprint density at radius 2 is 2.29 bits per heavy atom. The first kappa shape index (κ1) is 11.4. The van der Waals surface area contributed by atoms with Gasteiger partial charge in [0, 0.05) is 13.2 Å². The molecule has 1 amide bonds. The summed E-state index contributed by atoms with van der Waals surface area (Å²) in [4.78, 5) is 17.6. The fourth-order valence-corrected chi connectivity index (χ4v) is 1.70. The Balaban J connectivity index is 2.45. The highest BCUT2D eigenvalue weighted by Crippen LogP contribution is 2.35. The van der Waals surface area contributed by atoms with Crippen LogP contribution in [0.5, 0.6) is 5.75 Å². The van der Waals surface area contributed by atoms with Crippen LogP contribution in [0.1, 0.15) is 13.8 Å². The number of carbonyl (C=O) groups is 1. The number of pyridine rings is 1. The highest BCUT2D eigenvalue weighted by Gasteiger charge is 2.43. The molecule has 0 saturated carbocycles. The summed E-state index contributed by atoms with van der Waals surface area (Å²) in [5.41, 5.74) is -0.876. The maximum Gasteiger partial charge on any atom is 0.270 e. The molecule has 5 heteroatoms.